The Balaban J connectivity index is 1.25. The molecular weight excluding hydrogens is 555 g/mol. The minimum atomic E-state index is -0.437. The molecule has 1 fully saturated rings. The average Bonchev–Trinajstić information content (AvgIpc) is 3.40. The van der Waals surface area contributed by atoms with Crippen LogP contribution in [0.5, 0.6) is 0 Å². The van der Waals surface area contributed by atoms with E-state index in [-0.39, 0.29) is 40.8 Å². The highest BCUT2D eigenvalue weighted by Gasteiger charge is 2.34. The van der Waals surface area contributed by atoms with Crippen molar-refractivity contribution in [2.75, 3.05) is 18.8 Å². The van der Waals surface area contributed by atoms with Gasteiger partial charge in [-0.05, 0) is 47.7 Å². The summed E-state index contributed by atoms with van der Waals surface area (Å²) in [7, 11) is 0. The molecule has 1 saturated heterocycles. The van der Waals surface area contributed by atoms with Gasteiger partial charge in [-0.1, -0.05) is 64.8 Å². The van der Waals surface area contributed by atoms with Crippen LogP contribution in [0.1, 0.15) is 5.56 Å². The Morgan fingerprint density at radius 3 is 2.66 bits per heavy atom. The number of halogens is 3. The van der Waals surface area contributed by atoms with Gasteiger partial charge in [0.1, 0.15) is 0 Å². The Kier molecular flexibility index (Phi) is 8.40. The van der Waals surface area contributed by atoms with Crippen LogP contribution in [-0.4, -0.2) is 51.0 Å². The largest absolute Gasteiger partial charge is 0.411 e. The van der Waals surface area contributed by atoms with E-state index in [2.05, 4.69) is 15.5 Å². The predicted molar refractivity (Wildman–Crippen MR) is 138 cm³/mol. The lowest BCUT2D eigenvalue weighted by Gasteiger charge is -2.12. The number of rotatable bonds is 8. The van der Waals surface area contributed by atoms with Gasteiger partial charge in [0, 0.05) is 13.1 Å². The number of benzene rings is 2. The van der Waals surface area contributed by atoms with Crippen molar-refractivity contribution in [1.82, 2.24) is 20.4 Å². The first-order valence-corrected chi connectivity index (χ1v) is 12.9. The molecule has 0 saturated carbocycles. The van der Waals surface area contributed by atoms with E-state index in [9.17, 15) is 14.4 Å². The Morgan fingerprint density at radius 1 is 1.09 bits per heavy atom. The van der Waals surface area contributed by atoms with E-state index < -0.39 is 11.1 Å². The Labute approximate surface area is 223 Å². The van der Waals surface area contributed by atoms with Gasteiger partial charge in [0.2, 0.25) is 11.8 Å². The standard InChI is InChI=1S/C22H15Cl3N4O4S2/c23-14-4-2-1-3-13(14)19-27-28-21(33-19)34-11-18(30)26-7-8-29-20(31)17(35-22(29)32)10-12-5-6-15(24)16(25)9-12/h1-6,9-10H,7-8,11H2,(H,26,30)/b17-10+. The summed E-state index contributed by atoms with van der Waals surface area (Å²) in [5.74, 6) is -0.478. The number of carbonyl (C=O) groups is 3. The highest BCUT2D eigenvalue weighted by atomic mass is 35.5. The van der Waals surface area contributed by atoms with E-state index in [1.807, 2.05) is 0 Å². The Hall–Kier alpha value is -2.50. The molecule has 1 N–H and O–H groups in total. The fraction of sp³-hybridized carbons (Fsp3) is 0.136. The predicted octanol–water partition coefficient (Wildman–Crippen LogP) is 5.64. The highest BCUT2D eigenvalue weighted by Crippen LogP contribution is 2.33. The summed E-state index contributed by atoms with van der Waals surface area (Å²) >= 11 is 19.9. The molecule has 0 spiro atoms. The monoisotopic (exact) mass is 568 g/mol. The van der Waals surface area contributed by atoms with Crippen molar-refractivity contribution in [3.63, 3.8) is 0 Å². The summed E-state index contributed by atoms with van der Waals surface area (Å²) < 4.78 is 5.54. The molecule has 4 rings (SSSR count). The molecule has 180 valence electrons. The Morgan fingerprint density at radius 2 is 1.89 bits per heavy atom. The first-order chi connectivity index (χ1) is 16.8. The van der Waals surface area contributed by atoms with Crippen molar-refractivity contribution in [2.45, 2.75) is 5.22 Å². The quantitative estimate of drug-likeness (QED) is 0.274. The molecule has 3 aromatic rings. The molecule has 2 aromatic carbocycles. The third-order valence-electron chi connectivity index (χ3n) is 4.61. The van der Waals surface area contributed by atoms with Crippen LogP contribution in [0.3, 0.4) is 0 Å². The molecule has 0 aliphatic carbocycles. The molecule has 0 atom stereocenters. The maximum atomic E-state index is 12.6. The zero-order valence-electron chi connectivity index (χ0n) is 17.7. The minimum Gasteiger partial charge on any atom is -0.411 e. The molecule has 0 radical (unpaired) electrons. The molecular formula is C22H15Cl3N4O4S2. The summed E-state index contributed by atoms with van der Waals surface area (Å²) in [6, 6.07) is 12.0. The van der Waals surface area contributed by atoms with Crippen molar-refractivity contribution in [3.05, 3.63) is 68.0 Å². The molecule has 1 aromatic heterocycles. The fourth-order valence-electron chi connectivity index (χ4n) is 2.94. The number of nitrogens with one attached hydrogen (secondary N) is 1. The number of nitrogens with zero attached hydrogens (tertiary/aromatic N) is 3. The van der Waals surface area contributed by atoms with Crippen LogP contribution in [0, 0.1) is 0 Å². The van der Waals surface area contributed by atoms with Gasteiger partial charge in [0.25, 0.3) is 16.4 Å². The second-order valence-electron chi connectivity index (χ2n) is 7.00. The van der Waals surface area contributed by atoms with Crippen LogP contribution in [0.4, 0.5) is 4.79 Å². The van der Waals surface area contributed by atoms with Gasteiger partial charge in [0.05, 0.1) is 31.3 Å². The zero-order valence-corrected chi connectivity index (χ0v) is 21.6. The highest BCUT2D eigenvalue weighted by molar-refractivity contribution is 8.18. The zero-order chi connectivity index (χ0) is 24.9. The van der Waals surface area contributed by atoms with E-state index >= 15 is 0 Å². The van der Waals surface area contributed by atoms with Gasteiger partial charge in [-0.25, -0.2) is 0 Å². The number of hydrogen-bond acceptors (Lipinski definition) is 8. The minimum absolute atomic E-state index is 0.0171. The molecule has 1 aliphatic rings. The van der Waals surface area contributed by atoms with Gasteiger partial charge < -0.3 is 9.73 Å². The first-order valence-electron chi connectivity index (χ1n) is 10.00. The number of hydrogen-bond donors (Lipinski definition) is 1. The number of aromatic nitrogens is 2. The van der Waals surface area contributed by atoms with Gasteiger partial charge >= 0.3 is 0 Å². The maximum Gasteiger partial charge on any atom is 0.293 e. The second kappa shape index (κ2) is 11.5. The number of imide groups is 1. The molecule has 2 heterocycles. The summed E-state index contributed by atoms with van der Waals surface area (Å²) in [5.41, 5.74) is 1.25. The normalized spacial score (nSPS) is 14.7. The fourth-order valence-corrected chi connectivity index (χ4v) is 4.92. The molecule has 35 heavy (non-hydrogen) atoms. The van der Waals surface area contributed by atoms with Crippen molar-refractivity contribution < 1.29 is 18.8 Å². The lowest BCUT2D eigenvalue weighted by atomic mass is 10.2. The van der Waals surface area contributed by atoms with E-state index in [1.54, 1.807) is 48.5 Å². The van der Waals surface area contributed by atoms with Crippen LogP contribution in [-0.2, 0) is 9.59 Å². The van der Waals surface area contributed by atoms with Crippen molar-refractivity contribution in [3.8, 4) is 11.5 Å². The summed E-state index contributed by atoms with van der Waals surface area (Å²) in [4.78, 5) is 38.4. The van der Waals surface area contributed by atoms with Crippen molar-refractivity contribution >= 4 is 81.5 Å². The average molecular weight is 570 g/mol. The van der Waals surface area contributed by atoms with Gasteiger partial charge in [-0.15, -0.1) is 10.2 Å². The molecule has 13 heteroatoms. The van der Waals surface area contributed by atoms with Crippen LogP contribution in [0.2, 0.25) is 15.1 Å². The maximum absolute atomic E-state index is 12.6. The smallest absolute Gasteiger partial charge is 0.293 e. The third kappa shape index (κ3) is 6.39. The molecule has 8 nitrogen and oxygen atoms in total. The first kappa shape index (κ1) is 25.6. The van der Waals surface area contributed by atoms with Gasteiger partial charge in [0.15, 0.2) is 0 Å². The summed E-state index contributed by atoms with van der Waals surface area (Å²) in [6.07, 6.45) is 1.57. The topological polar surface area (TPSA) is 105 Å². The van der Waals surface area contributed by atoms with Crippen molar-refractivity contribution in [2.24, 2.45) is 0 Å². The molecule has 1 aliphatic heterocycles. The van der Waals surface area contributed by atoms with Crippen LogP contribution < -0.4 is 5.32 Å². The van der Waals surface area contributed by atoms with E-state index in [0.29, 0.717) is 26.2 Å². The molecule has 0 unspecified atom stereocenters. The van der Waals surface area contributed by atoms with E-state index in [1.165, 1.54) is 0 Å². The second-order valence-corrected chi connectivity index (χ2v) is 10.1. The lowest BCUT2D eigenvalue weighted by molar-refractivity contribution is -0.123. The number of thioether (sulfide) groups is 2. The lowest BCUT2D eigenvalue weighted by Crippen LogP contribution is -2.37. The molecule has 3 amide bonds. The Bertz CT molecular complexity index is 1330. The number of carbonyl (C=O) groups excluding carboxylic acids is 3. The van der Waals surface area contributed by atoms with Crippen LogP contribution in [0.25, 0.3) is 17.5 Å². The van der Waals surface area contributed by atoms with E-state index in [0.717, 1.165) is 28.4 Å². The van der Waals surface area contributed by atoms with Crippen molar-refractivity contribution in [1.29, 1.82) is 0 Å². The van der Waals surface area contributed by atoms with Gasteiger partial charge in [-0.3, -0.25) is 19.3 Å². The molecule has 0 bridgehead atoms. The third-order valence-corrected chi connectivity index (χ3v) is 7.40. The van der Waals surface area contributed by atoms with Crippen LogP contribution >= 0.6 is 58.3 Å². The summed E-state index contributed by atoms with van der Waals surface area (Å²) in [6.45, 7) is 0.142. The summed E-state index contributed by atoms with van der Waals surface area (Å²) in [5, 5.41) is 11.5. The van der Waals surface area contributed by atoms with Gasteiger partial charge in [-0.2, -0.15) is 0 Å². The van der Waals surface area contributed by atoms with E-state index in [4.69, 9.17) is 39.2 Å². The van der Waals surface area contributed by atoms with Crippen LogP contribution in [0.15, 0.2) is 57.0 Å². The SMILES string of the molecule is O=C(CSc1nnc(-c2ccccc2Cl)o1)NCCN1C(=O)S/C(=C/c2ccc(Cl)c(Cl)c2)C1=O. The number of amides is 3.